The second-order valence-corrected chi connectivity index (χ2v) is 8.85. The Hall–Kier alpha value is -3.16. The largest absolute Gasteiger partial charge is 0.395 e. The van der Waals surface area contributed by atoms with Gasteiger partial charge in [0.05, 0.1) is 5.69 Å². The minimum Gasteiger partial charge on any atom is -0.395 e. The molecule has 0 saturated heterocycles. The van der Waals surface area contributed by atoms with E-state index >= 15 is 0 Å². The predicted molar refractivity (Wildman–Crippen MR) is 133 cm³/mol. The van der Waals surface area contributed by atoms with Crippen LogP contribution in [0.5, 0.6) is 0 Å². The summed E-state index contributed by atoms with van der Waals surface area (Å²) < 4.78 is 13.2. The quantitative estimate of drug-likeness (QED) is 0.256. The van der Waals surface area contributed by atoms with Gasteiger partial charge in [-0.15, -0.1) is 0 Å². The van der Waals surface area contributed by atoms with Crippen LogP contribution in [0.1, 0.15) is 60.6 Å². The first kappa shape index (κ1) is 23.0. The Morgan fingerprint density at radius 3 is 2.33 bits per heavy atom. The number of nitrogens with two attached hydrogens (primary N) is 3. The number of halogens is 1. The van der Waals surface area contributed by atoms with E-state index in [1.54, 1.807) is 12.1 Å². The molecule has 1 unspecified atom stereocenters. The Labute approximate surface area is 194 Å². The summed E-state index contributed by atoms with van der Waals surface area (Å²) in [5.74, 6) is 6.82. The van der Waals surface area contributed by atoms with E-state index in [1.807, 2.05) is 36.4 Å². The predicted octanol–water partition coefficient (Wildman–Crippen LogP) is 4.51. The summed E-state index contributed by atoms with van der Waals surface area (Å²) in [4.78, 5) is 4.20. The van der Waals surface area contributed by atoms with E-state index in [2.05, 4.69) is 27.9 Å². The zero-order chi connectivity index (χ0) is 23.2. The fourth-order valence-electron chi connectivity index (χ4n) is 4.98. The number of nitrogens with one attached hydrogen (secondary N) is 2. The van der Waals surface area contributed by atoms with Crippen LogP contribution in [0.25, 0.3) is 0 Å². The summed E-state index contributed by atoms with van der Waals surface area (Å²) in [6.45, 7) is 0.860. The molecule has 0 bridgehead atoms. The summed E-state index contributed by atoms with van der Waals surface area (Å²) in [5, 5.41) is 3.75. The van der Waals surface area contributed by atoms with E-state index in [9.17, 15) is 4.39 Å². The van der Waals surface area contributed by atoms with E-state index in [1.165, 1.54) is 11.1 Å². The highest BCUT2D eigenvalue weighted by Gasteiger charge is 2.24. The lowest BCUT2D eigenvalue weighted by molar-refractivity contribution is 0.340. The zero-order valence-corrected chi connectivity index (χ0v) is 18.8. The summed E-state index contributed by atoms with van der Waals surface area (Å²) in [7, 11) is 0. The third-order valence-corrected chi connectivity index (χ3v) is 6.76. The SMILES string of the molecule is NNc1nc(N)cc(C(CCNC2CCC(c3ccc(F)cc3)CC2)c2ccccc2)c1N. The maximum absolute atomic E-state index is 13.2. The summed E-state index contributed by atoms with van der Waals surface area (Å²) in [5.41, 5.74) is 18.9. The van der Waals surface area contributed by atoms with Crippen LogP contribution < -0.4 is 28.1 Å². The molecule has 6 nitrogen and oxygen atoms in total. The Morgan fingerprint density at radius 2 is 1.67 bits per heavy atom. The maximum atomic E-state index is 13.2. The van der Waals surface area contributed by atoms with E-state index in [4.69, 9.17) is 17.3 Å². The molecule has 8 N–H and O–H groups in total. The van der Waals surface area contributed by atoms with Gasteiger partial charge in [0.15, 0.2) is 5.82 Å². The Bertz CT molecular complexity index is 1030. The molecule has 1 aliphatic rings. The number of rotatable bonds is 8. The monoisotopic (exact) mass is 448 g/mol. The zero-order valence-electron chi connectivity index (χ0n) is 18.8. The molecule has 4 rings (SSSR count). The molecule has 1 heterocycles. The highest BCUT2D eigenvalue weighted by atomic mass is 19.1. The smallest absolute Gasteiger partial charge is 0.165 e. The van der Waals surface area contributed by atoms with E-state index < -0.39 is 0 Å². The second kappa shape index (κ2) is 10.6. The van der Waals surface area contributed by atoms with Crippen LogP contribution >= 0.6 is 0 Å². The first-order valence-corrected chi connectivity index (χ1v) is 11.6. The van der Waals surface area contributed by atoms with Crippen molar-refractivity contribution in [3.05, 3.63) is 83.2 Å². The number of hydrazine groups is 1. The minimum absolute atomic E-state index is 0.0756. The number of nitrogen functional groups attached to an aromatic ring is 3. The number of anilines is 3. The van der Waals surface area contributed by atoms with E-state index in [-0.39, 0.29) is 11.7 Å². The number of aromatic nitrogens is 1. The van der Waals surface area contributed by atoms with Crippen LogP contribution in [0.15, 0.2) is 60.7 Å². The van der Waals surface area contributed by atoms with Gasteiger partial charge < -0.3 is 22.2 Å². The number of hydrogen-bond donors (Lipinski definition) is 5. The lowest BCUT2D eigenvalue weighted by Gasteiger charge is -2.30. The van der Waals surface area contributed by atoms with Gasteiger partial charge in [-0.05, 0) is 79.5 Å². The molecule has 0 amide bonds. The highest BCUT2D eigenvalue weighted by molar-refractivity contribution is 5.70. The van der Waals surface area contributed by atoms with Crippen molar-refractivity contribution in [1.29, 1.82) is 0 Å². The molecular formula is C26H33FN6. The number of nitrogens with zero attached hydrogens (tertiary/aromatic N) is 1. The van der Waals surface area contributed by atoms with Gasteiger partial charge in [-0.25, -0.2) is 15.2 Å². The first-order chi connectivity index (χ1) is 16.0. The van der Waals surface area contributed by atoms with Crippen LogP contribution in [0, 0.1) is 5.82 Å². The Balaban J connectivity index is 1.40. The van der Waals surface area contributed by atoms with E-state index in [0.29, 0.717) is 29.3 Å². The van der Waals surface area contributed by atoms with Crippen LogP contribution in [-0.4, -0.2) is 17.6 Å². The van der Waals surface area contributed by atoms with Crippen molar-refractivity contribution in [3.63, 3.8) is 0 Å². The maximum Gasteiger partial charge on any atom is 0.165 e. The molecule has 0 radical (unpaired) electrons. The van der Waals surface area contributed by atoms with Crippen LogP contribution in [0.3, 0.4) is 0 Å². The molecular weight excluding hydrogens is 415 g/mol. The van der Waals surface area contributed by atoms with Crippen molar-refractivity contribution in [1.82, 2.24) is 10.3 Å². The standard InChI is InChI=1S/C26H33FN6/c27-20-10-6-17(7-11-20)18-8-12-21(13-9-18)31-15-14-22(19-4-2-1-3-5-19)23-16-24(28)32-26(33-30)25(23)29/h1-7,10-11,16,18,21-22,31H,8-9,12-15,29-30H2,(H3,28,32,33). The van der Waals surface area contributed by atoms with Gasteiger partial charge in [0.2, 0.25) is 0 Å². The molecule has 33 heavy (non-hydrogen) atoms. The molecule has 1 aliphatic carbocycles. The Kier molecular flexibility index (Phi) is 7.42. The molecule has 1 saturated carbocycles. The summed E-state index contributed by atoms with van der Waals surface area (Å²) >= 11 is 0. The second-order valence-electron chi connectivity index (χ2n) is 8.85. The average Bonchev–Trinajstić information content (AvgIpc) is 2.85. The van der Waals surface area contributed by atoms with Crippen LogP contribution in [-0.2, 0) is 0 Å². The fraction of sp³-hybridized carbons (Fsp3) is 0.346. The first-order valence-electron chi connectivity index (χ1n) is 11.6. The van der Waals surface area contributed by atoms with Gasteiger partial charge in [-0.3, -0.25) is 0 Å². The molecule has 1 fully saturated rings. The Morgan fingerprint density at radius 1 is 0.970 bits per heavy atom. The van der Waals surface area contributed by atoms with Gasteiger partial charge in [-0.1, -0.05) is 42.5 Å². The topological polar surface area (TPSA) is 115 Å². The van der Waals surface area contributed by atoms with Crippen molar-refractivity contribution in [2.75, 3.05) is 23.4 Å². The van der Waals surface area contributed by atoms with Crippen molar-refractivity contribution < 1.29 is 4.39 Å². The molecule has 0 aliphatic heterocycles. The molecule has 7 heteroatoms. The van der Waals surface area contributed by atoms with E-state index in [0.717, 1.165) is 44.2 Å². The molecule has 2 aromatic carbocycles. The van der Waals surface area contributed by atoms with Gasteiger partial charge in [0, 0.05) is 12.0 Å². The third kappa shape index (κ3) is 5.61. The third-order valence-electron chi connectivity index (χ3n) is 6.76. The molecule has 3 aromatic rings. The molecule has 1 atom stereocenters. The number of pyridine rings is 1. The number of benzene rings is 2. The van der Waals surface area contributed by atoms with Gasteiger partial charge in [0.1, 0.15) is 11.6 Å². The normalized spacial score (nSPS) is 19.2. The van der Waals surface area contributed by atoms with Gasteiger partial charge >= 0.3 is 0 Å². The van der Waals surface area contributed by atoms with Crippen molar-refractivity contribution >= 4 is 17.3 Å². The molecule has 174 valence electrons. The van der Waals surface area contributed by atoms with Crippen molar-refractivity contribution in [2.24, 2.45) is 5.84 Å². The van der Waals surface area contributed by atoms with Gasteiger partial charge in [-0.2, -0.15) is 0 Å². The minimum atomic E-state index is -0.173. The van der Waals surface area contributed by atoms with Crippen LogP contribution in [0.2, 0.25) is 0 Å². The lowest BCUT2D eigenvalue weighted by atomic mass is 9.81. The van der Waals surface area contributed by atoms with Crippen molar-refractivity contribution in [2.45, 2.75) is 50.0 Å². The summed E-state index contributed by atoms with van der Waals surface area (Å²) in [6.07, 6.45) is 5.34. The molecule has 0 spiro atoms. The number of hydrogen-bond acceptors (Lipinski definition) is 6. The lowest BCUT2D eigenvalue weighted by Crippen LogP contribution is -2.34. The van der Waals surface area contributed by atoms with Gasteiger partial charge in [0.25, 0.3) is 0 Å². The molecule has 1 aromatic heterocycles. The van der Waals surface area contributed by atoms with Crippen molar-refractivity contribution in [3.8, 4) is 0 Å². The highest BCUT2D eigenvalue weighted by Crippen LogP contribution is 2.36. The fourth-order valence-corrected chi connectivity index (χ4v) is 4.98. The van der Waals surface area contributed by atoms with Crippen LogP contribution in [0.4, 0.5) is 21.7 Å². The summed E-state index contributed by atoms with van der Waals surface area (Å²) in [6, 6.07) is 19.6. The average molecular weight is 449 g/mol.